The zero-order valence-corrected chi connectivity index (χ0v) is 7.20. The van der Waals surface area contributed by atoms with Gasteiger partial charge in [-0.05, 0) is 6.92 Å². The number of carboxylic acid groups (broad SMARTS) is 1. The molecule has 5 nitrogen and oxygen atoms in total. The molecule has 5 heteroatoms. The zero-order chi connectivity index (χ0) is 9.84. The molecular weight excluding hydrogens is 172 g/mol. The maximum absolute atomic E-state index is 11.2. The van der Waals surface area contributed by atoms with Crippen molar-refractivity contribution in [3.63, 3.8) is 0 Å². The van der Waals surface area contributed by atoms with Gasteiger partial charge in [0.15, 0.2) is 11.6 Å². The van der Waals surface area contributed by atoms with Crippen molar-refractivity contribution in [3.05, 3.63) is 17.7 Å². The van der Waals surface area contributed by atoms with E-state index in [0.29, 0.717) is 0 Å². The Morgan fingerprint density at radius 2 is 2.23 bits per heavy atom. The van der Waals surface area contributed by atoms with Gasteiger partial charge in [0.1, 0.15) is 0 Å². The number of carbonyl (C=O) groups is 2. The van der Waals surface area contributed by atoms with Gasteiger partial charge in [-0.3, -0.25) is 9.59 Å². The molecule has 13 heavy (non-hydrogen) atoms. The standard InChI is InChI=1S/C8H10N2O3/c1-5-4-9-8(10-5)6(11)2-3-7(12)13/h4H,2-3H2,1H3,(H,9,10)(H,12,13). The van der Waals surface area contributed by atoms with Crippen molar-refractivity contribution in [2.75, 3.05) is 0 Å². The van der Waals surface area contributed by atoms with Gasteiger partial charge in [0.2, 0.25) is 0 Å². The number of aromatic amines is 1. The number of aryl methyl sites for hydroxylation is 1. The predicted molar refractivity (Wildman–Crippen MR) is 44.5 cm³/mol. The third kappa shape index (κ3) is 2.70. The van der Waals surface area contributed by atoms with Gasteiger partial charge in [-0.25, -0.2) is 4.98 Å². The van der Waals surface area contributed by atoms with Gasteiger partial charge in [0, 0.05) is 18.3 Å². The van der Waals surface area contributed by atoms with Crippen LogP contribution < -0.4 is 0 Å². The van der Waals surface area contributed by atoms with E-state index in [1.165, 1.54) is 6.20 Å². The van der Waals surface area contributed by atoms with E-state index in [0.717, 1.165) is 5.69 Å². The number of imidazole rings is 1. The van der Waals surface area contributed by atoms with Crippen LogP contribution in [0.15, 0.2) is 6.20 Å². The number of nitrogens with zero attached hydrogens (tertiary/aromatic N) is 1. The number of aromatic nitrogens is 2. The molecule has 0 bridgehead atoms. The average Bonchev–Trinajstić information content (AvgIpc) is 2.47. The number of carbonyl (C=O) groups excluding carboxylic acids is 1. The minimum Gasteiger partial charge on any atom is -0.481 e. The number of Topliss-reactive ketones (excluding diaryl/α,β-unsaturated/α-hetero) is 1. The van der Waals surface area contributed by atoms with Gasteiger partial charge in [-0.15, -0.1) is 0 Å². The molecule has 0 fully saturated rings. The van der Waals surface area contributed by atoms with Crippen molar-refractivity contribution >= 4 is 11.8 Å². The normalized spacial score (nSPS) is 9.92. The summed E-state index contributed by atoms with van der Waals surface area (Å²) in [4.78, 5) is 27.9. The number of ketones is 1. The van der Waals surface area contributed by atoms with Crippen LogP contribution in [0.4, 0.5) is 0 Å². The first-order valence-corrected chi connectivity index (χ1v) is 3.86. The van der Waals surface area contributed by atoms with E-state index < -0.39 is 5.97 Å². The van der Waals surface area contributed by atoms with Crippen molar-refractivity contribution in [2.45, 2.75) is 19.8 Å². The van der Waals surface area contributed by atoms with E-state index in [9.17, 15) is 9.59 Å². The van der Waals surface area contributed by atoms with E-state index >= 15 is 0 Å². The van der Waals surface area contributed by atoms with Crippen LogP contribution in [0.1, 0.15) is 29.2 Å². The first kappa shape index (κ1) is 9.44. The van der Waals surface area contributed by atoms with E-state index in [1.54, 1.807) is 6.92 Å². The fourth-order valence-corrected chi connectivity index (χ4v) is 0.893. The Morgan fingerprint density at radius 3 is 2.69 bits per heavy atom. The Kier molecular flexibility index (Phi) is 2.79. The fraction of sp³-hybridized carbons (Fsp3) is 0.375. The Bertz CT molecular complexity index is 330. The molecule has 1 aromatic heterocycles. The number of H-pyrrole nitrogens is 1. The van der Waals surface area contributed by atoms with Crippen LogP contribution in [0.3, 0.4) is 0 Å². The molecule has 0 atom stereocenters. The number of hydrogen-bond acceptors (Lipinski definition) is 3. The minimum absolute atomic E-state index is 0.0116. The fourth-order valence-electron chi connectivity index (χ4n) is 0.893. The van der Waals surface area contributed by atoms with Crippen LogP contribution in [-0.2, 0) is 4.79 Å². The summed E-state index contributed by atoms with van der Waals surface area (Å²) < 4.78 is 0. The molecule has 1 aromatic rings. The van der Waals surface area contributed by atoms with E-state index in [4.69, 9.17) is 5.11 Å². The van der Waals surface area contributed by atoms with Crippen molar-refractivity contribution < 1.29 is 14.7 Å². The molecule has 0 amide bonds. The average molecular weight is 182 g/mol. The molecule has 0 spiro atoms. The third-order valence-electron chi connectivity index (χ3n) is 1.53. The molecule has 0 aliphatic heterocycles. The molecule has 0 aromatic carbocycles. The molecule has 0 aliphatic carbocycles. The second-order valence-electron chi connectivity index (χ2n) is 2.73. The lowest BCUT2D eigenvalue weighted by atomic mass is 10.2. The van der Waals surface area contributed by atoms with Crippen molar-refractivity contribution in [3.8, 4) is 0 Å². The Hall–Kier alpha value is -1.65. The van der Waals surface area contributed by atoms with Crippen molar-refractivity contribution in [1.82, 2.24) is 9.97 Å². The lowest BCUT2D eigenvalue weighted by Crippen LogP contribution is -2.05. The summed E-state index contributed by atoms with van der Waals surface area (Å²) in [6.07, 6.45) is 1.37. The summed E-state index contributed by atoms with van der Waals surface area (Å²) in [7, 11) is 0. The topological polar surface area (TPSA) is 83.1 Å². The summed E-state index contributed by atoms with van der Waals surface area (Å²) in [5.41, 5.74) is 0.790. The van der Waals surface area contributed by atoms with Gasteiger partial charge >= 0.3 is 5.97 Å². The van der Waals surface area contributed by atoms with Crippen LogP contribution in [0.2, 0.25) is 0 Å². The summed E-state index contributed by atoms with van der Waals surface area (Å²) in [6, 6.07) is 0. The second kappa shape index (κ2) is 3.84. The summed E-state index contributed by atoms with van der Waals surface area (Å²) >= 11 is 0. The number of aliphatic carboxylic acids is 1. The van der Waals surface area contributed by atoms with E-state index in [2.05, 4.69) is 9.97 Å². The third-order valence-corrected chi connectivity index (χ3v) is 1.53. The van der Waals surface area contributed by atoms with Gasteiger partial charge in [0.25, 0.3) is 0 Å². The van der Waals surface area contributed by atoms with Crippen LogP contribution >= 0.6 is 0 Å². The quantitative estimate of drug-likeness (QED) is 0.673. The van der Waals surface area contributed by atoms with Crippen LogP contribution in [0.5, 0.6) is 0 Å². The second-order valence-corrected chi connectivity index (χ2v) is 2.73. The molecule has 0 saturated heterocycles. The van der Waals surface area contributed by atoms with Crippen molar-refractivity contribution in [2.24, 2.45) is 0 Å². The minimum atomic E-state index is -0.975. The van der Waals surface area contributed by atoms with Crippen LogP contribution in [0.25, 0.3) is 0 Å². The summed E-state index contributed by atoms with van der Waals surface area (Å²) in [5.74, 6) is -1.01. The molecular formula is C8H10N2O3. The number of rotatable bonds is 4. The molecule has 70 valence electrons. The van der Waals surface area contributed by atoms with Gasteiger partial charge in [0.05, 0.1) is 6.42 Å². The highest BCUT2D eigenvalue weighted by Crippen LogP contribution is 2.01. The molecule has 0 aliphatic rings. The summed E-state index contributed by atoms with van der Waals surface area (Å²) in [5, 5.41) is 8.33. The lowest BCUT2D eigenvalue weighted by Gasteiger charge is -1.92. The molecule has 2 N–H and O–H groups in total. The first-order valence-electron chi connectivity index (χ1n) is 3.86. The van der Waals surface area contributed by atoms with Gasteiger partial charge in [-0.1, -0.05) is 0 Å². The van der Waals surface area contributed by atoms with Gasteiger partial charge in [-0.2, -0.15) is 0 Å². The molecule has 0 unspecified atom stereocenters. The number of hydrogen-bond donors (Lipinski definition) is 2. The molecule has 0 radical (unpaired) electrons. The highest BCUT2D eigenvalue weighted by molar-refractivity contribution is 5.94. The Labute approximate surface area is 74.8 Å². The Balaban J connectivity index is 2.54. The van der Waals surface area contributed by atoms with E-state index in [-0.39, 0.29) is 24.4 Å². The van der Waals surface area contributed by atoms with Crippen LogP contribution in [-0.4, -0.2) is 26.8 Å². The van der Waals surface area contributed by atoms with Crippen molar-refractivity contribution in [1.29, 1.82) is 0 Å². The maximum atomic E-state index is 11.2. The first-order chi connectivity index (χ1) is 6.09. The smallest absolute Gasteiger partial charge is 0.303 e. The molecule has 1 heterocycles. The highest BCUT2D eigenvalue weighted by atomic mass is 16.4. The zero-order valence-electron chi connectivity index (χ0n) is 7.20. The molecule has 0 saturated carbocycles. The van der Waals surface area contributed by atoms with E-state index in [1.807, 2.05) is 0 Å². The largest absolute Gasteiger partial charge is 0.481 e. The number of carboxylic acids is 1. The predicted octanol–water partition coefficient (Wildman–Crippen LogP) is 0.766. The van der Waals surface area contributed by atoms with Crippen LogP contribution in [0, 0.1) is 6.92 Å². The monoisotopic (exact) mass is 182 g/mol. The SMILES string of the molecule is Cc1cnc(C(=O)CCC(=O)O)[nH]1. The Morgan fingerprint density at radius 1 is 1.54 bits per heavy atom. The number of nitrogens with one attached hydrogen (secondary N) is 1. The summed E-state index contributed by atoms with van der Waals surface area (Å²) in [6.45, 7) is 1.78. The highest BCUT2D eigenvalue weighted by Gasteiger charge is 2.10. The molecule has 1 rings (SSSR count). The van der Waals surface area contributed by atoms with Gasteiger partial charge < -0.3 is 10.1 Å². The maximum Gasteiger partial charge on any atom is 0.303 e. The lowest BCUT2D eigenvalue weighted by molar-refractivity contribution is -0.136.